The minimum Gasteiger partial charge on any atom is -0.484 e. The van der Waals surface area contributed by atoms with Crippen LogP contribution in [0.3, 0.4) is 0 Å². The number of carbonyl (C=O) groups excluding carboxylic acids is 1. The Kier molecular flexibility index (Phi) is 9.98. The molecule has 2 aromatic carbocycles. The van der Waals surface area contributed by atoms with Gasteiger partial charge in [0, 0.05) is 17.5 Å². The van der Waals surface area contributed by atoms with E-state index >= 15 is 0 Å². The van der Waals surface area contributed by atoms with Crippen LogP contribution in [0.15, 0.2) is 48.5 Å². The summed E-state index contributed by atoms with van der Waals surface area (Å²) in [6, 6.07) is 13.1. The van der Waals surface area contributed by atoms with Crippen molar-refractivity contribution in [1.29, 1.82) is 5.26 Å². The van der Waals surface area contributed by atoms with E-state index in [-0.39, 0.29) is 41.9 Å². The molecule has 2 N–H and O–H groups in total. The lowest BCUT2D eigenvalue weighted by Crippen LogP contribution is -2.29. The van der Waals surface area contributed by atoms with E-state index in [2.05, 4.69) is 6.07 Å². The summed E-state index contributed by atoms with van der Waals surface area (Å²) in [5, 5.41) is 19.0. The van der Waals surface area contributed by atoms with Crippen molar-refractivity contribution in [2.24, 2.45) is 0 Å². The Morgan fingerprint density at radius 3 is 1.72 bits per heavy atom. The topological polar surface area (TPSA) is 91.6 Å². The van der Waals surface area contributed by atoms with E-state index in [0.717, 1.165) is 0 Å². The Morgan fingerprint density at radius 1 is 0.833 bits per heavy atom. The molecule has 0 aliphatic rings. The van der Waals surface area contributed by atoms with Crippen molar-refractivity contribution < 1.29 is 45.8 Å². The predicted octanol–water partition coefficient (Wildman–Crippen LogP) is 5.83. The number of amides is 1. The lowest BCUT2D eigenvalue weighted by Gasteiger charge is -2.31. The molecule has 196 valence electrons. The minimum absolute atomic E-state index is 0.00733. The molecule has 0 heterocycles. The second-order valence-electron chi connectivity index (χ2n) is 7.91. The molecule has 0 spiro atoms. The number of unbranched alkanes of at least 4 members (excludes halogenated alkanes) is 2. The molecular formula is C24H24F6N2O4. The fourth-order valence-electron chi connectivity index (χ4n) is 3.71. The molecule has 2 rings (SSSR count). The molecule has 0 saturated heterocycles. The van der Waals surface area contributed by atoms with Gasteiger partial charge in [-0.1, -0.05) is 49.2 Å². The summed E-state index contributed by atoms with van der Waals surface area (Å²) >= 11 is 0. The van der Waals surface area contributed by atoms with Gasteiger partial charge in [-0.05, 0) is 25.0 Å². The highest BCUT2D eigenvalue weighted by Crippen LogP contribution is 2.45. The fourth-order valence-corrected chi connectivity index (χ4v) is 3.71. The summed E-state index contributed by atoms with van der Waals surface area (Å²) in [6.45, 7) is -3.26. The Labute approximate surface area is 203 Å². The summed E-state index contributed by atoms with van der Waals surface area (Å²) in [7, 11) is 0. The van der Waals surface area contributed by atoms with Gasteiger partial charge in [0.05, 0.1) is 6.07 Å². The largest absolute Gasteiger partial charge is 0.484 e. The number of para-hydroxylation sites is 2. The lowest BCUT2D eigenvalue weighted by molar-refractivity contribution is -0.154. The number of nitrogens with one attached hydrogen (secondary N) is 1. The number of rotatable bonds is 12. The Balaban J connectivity index is 2.52. The zero-order valence-electron chi connectivity index (χ0n) is 19.0. The second-order valence-corrected chi connectivity index (χ2v) is 7.91. The van der Waals surface area contributed by atoms with Crippen molar-refractivity contribution in [3.63, 3.8) is 0 Å². The van der Waals surface area contributed by atoms with Gasteiger partial charge < -0.3 is 9.47 Å². The number of alkyl halides is 6. The van der Waals surface area contributed by atoms with Crippen LogP contribution in [0, 0.1) is 11.3 Å². The van der Waals surface area contributed by atoms with E-state index < -0.39 is 36.9 Å². The third-order valence-electron chi connectivity index (χ3n) is 5.25. The third kappa shape index (κ3) is 8.34. The van der Waals surface area contributed by atoms with Crippen molar-refractivity contribution in [2.45, 2.75) is 49.9 Å². The summed E-state index contributed by atoms with van der Waals surface area (Å²) in [4.78, 5) is 11.2. The van der Waals surface area contributed by atoms with Gasteiger partial charge in [-0.15, -0.1) is 0 Å². The van der Waals surface area contributed by atoms with Gasteiger partial charge in [0.25, 0.3) is 0 Å². The van der Waals surface area contributed by atoms with Crippen LogP contribution in [0.4, 0.5) is 26.3 Å². The highest BCUT2D eigenvalue weighted by molar-refractivity contribution is 5.74. The highest BCUT2D eigenvalue weighted by atomic mass is 19.4. The van der Waals surface area contributed by atoms with E-state index in [1.54, 1.807) is 0 Å². The maximum atomic E-state index is 12.9. The number of hydrogen-bond acceptors (Lipinski definition) is 5. The molecule has 6 nitrogen and oxygen atoms in total. The summed E-state index contributed by atoms with van der Waals surface area (Å²) in [5.41, 5.74) is -0.168. The standard InChI is InChI=1S/C24H24F6N2O4/c25-23(26,27)15-35-19-10-5-3-8-17(19)22(14-31,13-7-1-2-12-21(33)32-34)18-9-4-6-11-20(18)36-16-24(28,29)30/h3-6,8-11,34H,1-2,7,12-13,15-16H2,(H,32,33). The number of hydroxylamine groups is 1. The van der Waals surface area contributed by atoms with Crippen LogP contribution in [0.25, 0.3) is 0 Å². The quantitative estimate of drug-likeness (QED) is 0.160. The molecule has 0 bridgehead atoms. The molecule has 0 atom stereocenters. The molecule has 0 fully saturated rings. The smallest absolute Gasteiger partial charge is 0.422 e. The van der Waals surface area contributed by atoms with Crippen LogP contribution in [0.2, 0.25) is 0 Å². The van der Waals surface area contributed by atoms with Gasteiger partial charge in [0.15, 0.2) is 13.2 Å². The highest BCUT2D eigenvalue weighted by Gasteiger charge is 2.40. The molecule has 1 amide bonds. The van der Waals surface area contributed by atoms with Crippen LogP contribution < -0.4 is 15.0 Å². The number of hydrogen-bond donors (Lipinski definition) is 2. The van der Waals surface area contributed by atoms with E-state index in [0.29, 0.717) is 12.8 Å². The van der Waals surface area contributed by atoms with E-state index in [1.807, 2.05) is 0 Å². The molecule has 0 saturated carbocycles. The normalized spacial score (nSPS) is 12.1. The molecule has 0 unspecified atom stereocenters. The Bertz CT molecular complexity index is 988. The molecule has 0 aliphatic carbocycles. The van der Waals surface area contributed by atoms with E-state index in [4.69, 9.17) is 14.7 Å². The maximum absolute atomic E-state index is 12.9. The lowest BCUT2D eigenvalue weighted by atomic mass is 9.71. The third-order valence-corrected chi connectivity index (χ3v) is 5.25. The molecule has 2 aromatic rings. The van der Waals surface area contributed by atoms with Crippen molar-refractivity contribution in [3.8, 4) is 17.6 Å². The van der Waals surface area contributed by atoms with E-state index in [9.17, 15) is 36.4 Å². The van der Waals surface area contributed by atoms with Gasteiger partial charge in [0.2, 0.25) is 5.91 Å². The first kappa shape index (κ1) is 28.8. The molecular weight excluding hydrogens is 494 g/mol. The van der Waals surface area contributed by atoms with Crippen LogP contribution in [-0.2, 0) is 10.2 Å². The molecule has 36 heavy (non-hydrogen) atoms. The average molecular weight is 518 g/mol. The second kappa shape index (κ2) is 12.5. The van der Waals surface area contributed by atoms with Crippen molar-refractivity contribution in [3.05, 3.63) is 59.7 Å². The summed E-state index contributed by atoms with van der Waals surface area (Å²) in [5.74, 6) is -1.11. The first-order valence-electron chi connectivity index (χ1n) is 10.8. The first-order valence-corrected chi connectivity index (χ1v) is 10.8. The van der Waals surface area contributed by atoms with E-state index in [1.165, 1.54) is 54.0 Å². The number of halogens is 6. The van der Waals surface area contributed by atoms with Crippen molar-refractivity contribution >= 4 is 5.91 Å². The summed E-state index contributed by atoms with van der Waals surface area (Å²) < 4.78 is 87.2. The molecule has 0 aromatic heterocycles. The van der Waals surface area contributed by atoms with Crippen LogP contribution in [-0.4, -0.2) is 36.7 Å². The predicted molar refractivity (Wildman–Crippen MR) is 115 cm³/mol. The molecule has 0 radical (unpaired) electrons. The van der Waals surface area contributed by atoms with Gasteiger partial charge in [-0.3, -0.25) is 10.0 Å². The van der Waals surface area contributed by atoms with Gasteiger partial charge in [-0.25, -0.2) is 5.48 Å². The van der Waals surface area contributed by atoms with Crippen LogP contribution in [0.5, 0.6) is 11.5 Å². The maximum Gasteiger partial charge on any atom is 0.422 e. The fraction of sp³-hybridized carbons (Fsp3) is 0.417. The zero-order valence-corrected chi connectivity index (χ0v) is 19.0. The molecule has 12 heteroatoms. The minimum atomic E-state index is -4.66. The number of carbonyl (C=O) groups is 1. The van der Waals surface area contributed by atoms with Crippen LogP contribution in [0.1, 0.15) is 43.2 Å². The van der Waals surface area contributed by atoms with Gasteiger partial charge in [-0.2, -0.15) is 31.6 Å². The van der Waals surface area contributed by atoms with Crippen molar-refractivity contribution in [2.75, 3.05) is 13.2 Å². The number of ether oxygens (including phenoxy) is 2. The number of benzene rings is 2. The monoisotopic (exact) mass is 518 g/mol. The van der Waals surface area contributed by atoms with Crippen LogP contribution >= 0.6 is 0 Å². The number of nitrogens with zero attached hydrogens (tertiary/aromatic N) is 1. The SMILES string of the molecule is N#CC(CCCCCC(=O)NO)(c1ccccc1OCC(F)(F)F)c1ccccc1OCC(F)(F)F. The van der Waals surface area contributed by atoms with Gasteiger partial charge >= 0.3 is 12.4 Å². The van der Waals surface area contributed by atoms with Crippen molar-refractivity contribution in [1.82, 2.24) is 5.48 Å². The average Bonchev–Trinajstić information content (AvgIpc) is 2.83. The first-order chi connectivity index (χ1) is 16.9. The Hall–Kier alpha value is -3.46. The zero-order chi connectivity index (χ0) is 26.8. The Morgan fingerprint density at radius 2 is 1.31 bits per heavy atom. The number of nitriles is 1. The van der Waals surface area contributed by atoms with Gasteiger partial charge in [0.1, 0.15) is 16.9 Å². The summed E-state index contributed by atoms with van der Waals surface area (Å²) in [6.07, 6.45) is -8.38. The molecule has 0 aliphatic heterocycles.